The van der Waals surface area contributed by atoms with Gasteiger partial charge in [-0.25, -0.2) is 9.97 Å². The normalized spacial score (nSPS) is 10.7. The zero-order chi connectivity index (χ0) is 9.42. The van der Waals surface area contributed by atoms with Gasteiger partial charge in [-0.3, -0.25) is 0 Å². The van der Waals surface area contributed by atoms with Gasteiger partial charge in [0.05, 0.1) is 10.4 Å². The van der Waals surface area contributed by atoms with Crippen LogP contribution in [-0.4, -0.2) is 24.1 Å². The van der Waals surface area contributed by atoms with E-state index in [1.54, 1.807) is 6.33 Å². The molecule has 0 aliphatic heterocycles. The van der Waals surface area contributed by atoms with Crippen LogP contribution < -0.4 is 4.90 Å². The Morgan fingerprint density at radius 3 is 2.85 bits per heavy atom. The highest BCUT2D eigenvalue weighted by Crippen LogP contribution is 2.33. The summed E-state index contributed by atoms with van der Waals surface area (Å²) in [7, 11) is 3.88. The monoisotopic (exact) mass is 213 g/mol. The molecule has 0 atom stereocenters. The molecule has 0 unspecified atom stereocenters. The summed E-state index contributed by atoms with van der Waals surface area (Å²) >= 11 is 7.56. The van der Waals surface area contributed by atoms with Crippen molar-refractivity contribution in [3.63, 3.8) is 0 Å². The molecule has 2 rings (SSSR count). The fourth-order valence-corrected chi connectivity index (χ4v) is 2.29. The molecule has 0 saturated heterocycles. The quantitative estimate of drug-likeness (QED) is 0.729. The second kappa shape index (κ2) is 3.12. The summed E-state index contributed by atoms with van der Waals surface area (Å²) in [5.74, 6) is 0.872. The molecule has 13 heavy (non-hydrogen) atoms. The van der Waals surface area contributed by atoms with E-state index < -0.39 is 0 Å². The number of nitrogens with zero attached hydrogens (tertiary/aromatic N) is 3. The topological polar surface area (TPSA) is 29.0 Å². The molecule has 0 spiro atoms. The van der Waals surface area contributed by atoms with E-state index in [0.29, 0.717) is 0 Å². The average molecular weight is 214 g/mol. The van der Waals surface area contributed by atoms with Crippen molar-refractivity contribution in [1.29, 1.82) is 0 Å². The van der Waals surface area contributed by atoms with Gasteiger partial charge in [0.25, 0.3) is 0 Å². The number of anilines is 1. The highest BCUT2D eigenvalue weighted by Gasteiger charge is 2.10. The number of hydrogen-bond donors (Lipinski definition) is 0. The predicted molar refractivity (Wildman–Crippen MR) is 56.8 cm³/mol. The van der Waals surface area contributed by atoms with E-state index >= 15 is 0 Å². The molecule has 0 aromatic carbocycles. The Morgan fingerprint density at radius 1 is 1.38 bits per heavy atom. The third-order valence-electron chi connectivity index (χ3n) is 1.73. The van der Waals surface area contributed by atoms with Crippen LogP contribution in [0.15, 0.2) is 11.7 Å². The lowest BCUT2D eigenvalue weighted by Crippen LogP contribution is -2.10. The van der Waals surface area contributed by atoms with Crippen molar-refractivity contribution in [2.75, 3.05) is 19.0 Å². The van der Waals surface area contributed by atoms with Gasteiger partial charge in [-0.15, -0.1) is 11.3 Å². The lowest BCUT2D eigenvalue weighted by atomic mass is 10.3. The average Bonchev–Trinajstić information content (AvgIpc) is 2.48. The third kappa shape index (κ3) is 1.36. The number of thiophene rings is 1. The van der Waals surface area contributed by atoms with Crippen molar-refractivity contribution >= 4 is 39.0 Å². The van der Waals surface area contributed by atoms with Gasteiger partial charge in [0.2, 0.25) is 0 Å². The summed E-state index contributed by atoms with van der Waals surface area (Å²) in [6, 6.07) is 0. The lowest BCUT2D eigenvalue weighted by molar-refractivity contribution is 1.06. The number of hydrogen-bond acceptors (Lipinski definition) is 4. The Labute approximate surface area is 85.0 Å². The zero-order valence-electron chi connectivity index (χ0n) is 7.28. The van der Waals surface area contributed by atoms with E-state index in [4.69, 9.17) is 11.6 Å². The standard InChI is InChI=1S/C8H8ClN3S/c1-12(2)7-6-5(9)3-13-8(6)11-4-10-7/h3-4H,1-2H3. The van der Waals surface area contributed by atoms with Crippen molar-refractivity contribution in [2.45, 2.75) is 0 Å². The van der Waals surface area contributed by atoms with Gasteiger partial charge in [-0.1, -0.05) is 11.6 Å². The molecule has 2 aromatic heterocycles. The maximum absolute atomic E-state index is 6.03. The van der Waals surface area contributed by atoms with Gasteiger partial charge in [-0.2, -0.15) is 0 Å². The minimum atomic E-state index is 0.726. The van der Waals surface area contributed by atoms with Crippen LogP contribution in [0.25, 0.3) is 10.2 Å². The molecule has 0 bridgehead atoms. The van der Waals surface area contributed by atoms with Crippen molar-refractivity contribution in [1.82, 2.24) is 9.97 Å². The Bertz CT molecular complexity index is 438. The highest BCUT2D eigenvalue weighted by molar-refractivity contribution is 7.17. The van der Waals surface area contributed by atoms with Crippen LogP contribution in [0.1, 0.15) is 0 Å². The molecule has 0 N–H and O–H groups in total. The van der Waals surface area contributed by atoms with E-state index in [-0.39, 0.29) is 0 Å². The van der Waals surface area contributed by atoms with E-state index in [9.17, 15) is 0 Å². The van der Waals surface area contributed by atoms with Crippen LogP contribution >= 0.6 is 22.9 Å². The van der Waals surface area contributed by atoms with E-state index in [0.717, 1.165) is 21.1 Å². The summed E-state index contributed by atoms with van der Waals surface area (Å²) in [4.78, 5) is 11.2. The molecule has 0 fully saturated rings. The first kappa shape index (κ1) is 8.72. The van der Waals surface area contributed by atoms with Gasteiger partial charge in [-0.05, 0) is 0 Å². The van der Waals surface area contributed by atoms with Crippen molar-refractivity contribution in [3.8, 4) is 0 Å². The smallest absolute Gasteiger partial charge is 0.141 e. The van der Waals surface area contributed by atoms with Crippen LogP contribution in [0.3, 0.4) is 0 Å². The summed E-state index contributed by atoms with van der Waals surface area (Å²) in [6.45, 7) is 0. The third-order valence-corrected chi connectivity index (χ3v) is 3.04. The van der Waals surface area contributed by atoms with Crippen LogP contribution in [0.4, 0.5) is 5.82 Å². The Hall–Kier alpha value is -0.870. The molecule has 0 saturated carbocycles. The molecule has 3 nitrogen and oxygen atoms in total. The second-order valence-corrected chi connectivity index (χ2v) is 4.12. The summed E-state index contributed by atoms with van der Waals surface area (Å²) < 4.78 is 0. The number of halogens is 1. The Kier molecular flexibility index (Phi) is 2.09. The summed E-state index contributed by atoms with van der Waals surface area (Å²) in [5, 5.41) is 3.55. The van der Waals surface area contributed by atoms with Crippen molar-refractivity contribution in [2.24, 2.45) is 0 Å². The van der Waals surface area contributed by atoms with Gasteiger partial charge in [0.1, 0.15) is 17.0 Å². The number of aromatic nitrogens is 2. The zero-order valence-corrected chi connectivity index (χ0v) is 8.85. The fourth-order valence-electron chi connectivity index (χ4n) is 1.16. The van der Waals surface area contributed by atoms with Crippen LogP contribution in [0.2, 0.25) is 5.02 Å². The molecule has 68 valence electrons. The van der Waals surface area contributed by atoms with E-state index in [1.165, 1.54) is 11.3 Å². The van der Waals surface area contributed by atoms with E-state index in [2.05, 4.69) is 9.97 Å². The van der Waals surface area contributed by atoms with Crippen molar-refractivity contribution in [3.05, 3.63) is 16.7 Å². The number of rotatable bonds is 1. The molecular weight excluding hydrogens is 206 g/mol. The Morgan fingerprint density at radius 2 is 2.15 bits per heavy atom. The SMILES string of the molecule is CN(C)c1ncnc2scc(Cl)c12. The molecule has 2 aromatic rings. The van der Waals surface area contributed by atoms with Crippen LogP contribution in [0, 0.1) is 0 Å². The highest BCUT2D eigenvalue weighted by atomic mass is 35.5. The van der Waals surface area contributed by atoms with E-state index in [1.807, 2.05) is 24.4 Å². The predicted octanol–water partition coefficient (Wildman–Crippen LogP) is 2.41. The molecule has 0 aliphatic rings. The van der Waals surface area contributed by atoms with Gasteiger partial charge >= 0.3 is 0 Å². The summed E-state index contributed by atoms with van der Waals surface area (Å²) in [5.41, 5.74) is 0. The largest absolute Gasteiger partial charge is 0.362 e. The molecule has 0 amide bonds. The van der Waals surface area contributed by atoms with Crippen LogP contribution in [-0.2, 0) is 0 Å². The lowest BCUT2D eigenvalue weighted by Gasteiger charge is -2.11. The maximum Gasteiger partial charge on any atom is 0.141 e. The first-order valence-electron chi connectivity index (χ1n) is 3.75. The van der Waals surface area contributed by atoms with Gasteiger partial charge < -0.3 is 4.90 Å². The van der Waals surface area contributed by atoms with Gasteiger partial charge in [0, 0.05) is 19.5 Å². The first-order valence-corrected chi connectivity index (χ1v) is 5.01. The minimum Gasteiger partial charge on any atom is -0.362 e. The second-order valence-electron chi connectivity index (χ2n) is 2.86. The molecule has 2 heterocycles. The molecule has 0 aliphatic carbocycles. The molecule has 5 heteroatoms. The van der Waals surface area contributed by atoms with Gasteiger partial charge in [0.15, 0.2) is 0 Å². The Balaban J connectivity index is 2.80. The fraction of sp³-hybridized carbons (Fsp3) is 0.250. The first-order chi connectivity index (χ1) is 6.20. The molecular formula is C8H8ClN3S. The summed E-state index contributed by atoms with van der Waals surface area (Å²) in [6.07, 6.45) is 1.56. The van der Waals surface area contributed by atoms with Crippen LogP contribution in [0.5, 0.6) is 0 Å². The number of fused-ring (bicyclic) bond motifs is 1. The maximum atomic E-state index is 6.03. The molecule has 0 radical (unpaired) electrons. The van der Waals surface area contributed by atoms with Crippen molar-refractivity contribution < 1.29 is 0 Å². The minimum absolute atomic E-state index is 0.726.